The number of hydrogen-bond donors (Lipinski definition) is 1. The Balaban J connectivity index is 3.85. The maximum atomic E-state index is 8.51. The molecule has 0 aliphatic heterocycles. The minimum atomic E-state index is 0.613. The fraction of sp³-hybridized carbons (Fsp3) is 0.727. The first kappa shape index (κ1) is 13.5. The summed E-state index contributed by atoms with van der Waals surface area (Å²) in [6.45, 7) is 7.24. The second-order valence-corrected chi connectivity index (χ2v) is 4.08. The maximum Gasteiger partial charge on any atom is 0.0635 e. The van der Waals surface area contributed by atoms with Crippen LogP contribution in [0.3, 0.4) is 0 Å². The van der Waals surface area contributed by atoms with E-state index in [2.05, 4.69) is 43.5 Å². The van der Waals surface area contributed by atoms with E-state index in [1.807, 2.05) is 6.08 Å². The van der Waals surface area contributed by atoms with Crippen LogP contribution in [-0.4, -0.2) is 30.3 Å². The highest BCUT2D eigenvalue weighted by atomic mass is 32.1. The normalized spacial score (nSPS) is 11.4. The van der Waals surface area contributed by atoms with Gasteiger partial charge in [0.15, 0.2) is 0 Å². The number of thiol groups is 1. The minimum Gasteiger partial charge on any atom is -0.298 e. The van der Waals surface area contributed by atoms with Crippen LogP contribution < -0.4 is 0 Å². The molecule has 0 unspecified atom stereocenters. The number of hydrogen-bond acceptors (Lipinski definition) is 3. The Labute approximate surface area is 93.0 Å². The molecule has 0 radical (unpaired) electrons. The Morgan fingerprint density at radius 3 is 2.64 bits per heavy atom. The Morgan fingerprint density at radius 2 is 2.14 bits per heavy atom. The number of nitriles is 1. The standard InChI is InChI=1S/C11H20N2S/c1-11(2)10-13(8-5-6-12)7-3-4-9-14/h3-4,11,14H,5,7-10H2,1-2H3. The van der Waals surface area contributed by atoms with Gasteiger partial charge in [0.2, 0.25) is 0 Å². The van der Waals surface area contributed by atoms with Crippen LogP contribution in [-0.2, 0) is 0 Å². The summed E-state index contributed by atoms with van der Waals surface area (Å²) in [6.07, 6.45) is 4.77. The van der Waals surface area contributed by atoms with Gasteiger partial charge < -0.3 is 0 Å². The lowest BCUT2D eigenvalue weighted by atomic mass is 10.2. The highest BCUT2D eigenvalue weighted by molar-refractivity contribution is 7.80. The van der Waals surface area contributed by atoms with Crippen molar-refractivity contribution >= 4 is 12.6 Å². The zero-order chi connectivity index (χ0) is 10.8. The molecule has 0 rings (SSSR count). The molecular weight excluding hydrogens is 192 g/mol. The third-order valence-corrected chi connectivity index (χ3v) is 2.01. The molecule has 14 heavy (non-hydrogen) atoms. The van der Waals surface area contributed by atoms with Crippen LogP contribution in [0.5, 0.6) is 0 Å². The van der Waals surface area contributed by atoms with E-state index >= 15 is 0 Å². The average Bonchev–Trinajstić information content (AvgIpc) is 2.13. The van der Waals surface area contributed by atoms with Crippen molar-refractivity contribution in [3.63, 3.8) is 0 Å². The summed E-state index contributed by atoms with van der Waals surface area (Å²) >= 11 is 4.11. The maximum absolute atomic E-state index is 8.51. The first-order valence-corrected chi connectivity index (χ1v) is 5.69. The van der Waals surface area contributed by atoms with Crippen molar-refractivity contribution in [2.75, 3.05) is 25.4 Å². The molecule has 0 N–H and O–H groups in total. The number of rotatable bonds is 7. The van der Waals surface area contributed by atoms with E-state index < -0.39 is 0 Å². The van der Waals surface area contributed by atoms with Crippen LogP contribution in [0.15, 0.2) is 12.2 Å². The van der Waals surface area contributed by atoms with Gasteiger partial charge in [-0.15, -0.1) is 0 Å². The van der Waals surface area contributed by atoms with Gasteiger partial charge in [-0.2, -0.15) is 17.9 Å². The summed E-state index contributed by atoms with van der Waals surface area (Å²) in [5, 5.41) is 8.51. The van der Waals surface area contributed by atoms with Gasteiger partial charge in [-0.1, -0.05) is 26.0 Å². The van der Waals surface area contributed by atoms with Crippen LogP contribution >= 0.6 is 12.6 Å². The summed E-state index contributed by atoms with van der Waals surface area (Å²) in [4.78, 5) is 2.30. The van der Waals surface area contributed by atoms with Gasteiger partial charge in [-0.05, 0) is 5.92 Å². The molecule has 0 saturated carbocycles. The molecule has 0 fully saturated rings. The quantitative estimate of drug-likeness (QED) is 0.518. The van der Waals surface area contributed by atoms with Crippen LogP contribution in [0.25, 0.3) is 0 Å². The van der Waals surface area contributed by atoms with E-state index in [1.165, 1.54) is 0 Å². The Morgan fingerprint density at radius 1 is 1.43 bits per heavy atom. The first-order valence-electron chi connectivity index (χ1n) is 5.05. The van der Waals surface area contributed by atoms with Crippen molar-refractivity contribution in [1.29, 1.82) is 5.26 Å². The van der Waals surface area contributed by atoms with E-state index in [0.717, 1.165) is 25.4 Å². The van der Waals surface area contributed by atoms with E-state index in [4.69, 9.17) is 5.26 Å². The topological polar surface area (TPSA) is 27.0 Å². The summed E-state index contributed by atoms with van der Waals surface area (Å²) < 4.78 is 0. The van der Waals surface area contributed by atoms with Gasteiger partial charge in [0, 0.05) is 31.8 Å². The Kier molecular flexibility index (Phi) is 8.81. The molecule has 0 saturated heterocycles. The first-order chi connectivity index (χ1) is 6.70. The molecule has 0 aliphatic carbocycles. The lowest BCUT2D eigenvalue weighted by Gasteiger charge is -2.21. The van der Waals surface area contributed by atoms with Crippen LogP contribution in [0.4, 0.5) is 0 Å². The molecule has 3 heteroatoms. The van der Waals surface area contributed by atoms with Crippen molar-refractivity contribution in [3.8, 4) is 6.07 Å². The second-order valence-electron chi connectivity index (χ2n) is 3.72. The fourth-order valence-electron chi connectivity index (χ4n) is 1.28. The Bertz CT molecular complexity index is 194. The van der Waals surface area contributed by atoms with Gasteiger partial charge >= 0.3 is 0 Å². The predicted octanol–water partition coefficient (Wildman–Crippen LogP) is 2.34. The molecule has 0 aromatic heterocycles. The van der Waals surface area contributed by atoms with Crippen molar-refractivity contribution in [1.82, 2.24) is 4.90 Å². The minimum absolute atomic E-state index is 0.613. The van der Waals surface area contributed by atoms with Gasteiger partial charge in [-0.25, -0.2) is 0 Å². The van der Waals surface area contributed by atoms with Gasteiger partial charge in [-0.3, -0.25) is 4.90 Å². The smallest absolute Gasteiger partial charge is 0.0635 e. The van der Waals surface area contributed by atoms with Crippen molar-refractivity contribution in [2.45, 2.75) is 20.3 Å². The molecule has 0 aromatic rings. The molecule has 0 aromatic carbocycles. The molecule has 0 spiro atoms. The monoisotopic (exact) mass is 212 g/mol. The lowest BCUT2D eigenvalue weighted by Crippen LogP contribution is -2.28. The van der Waals surface area contributed by atoms with Crippen LogP contribution in [0.2, 0.25) is 0 Å². The van der Waals surface area contributed by atoms with Gasteiger partial charge in [0.1, 0.15) is 0 Å². The van der Waals surface area contributed by atoms with E-state index in [9.17, 15) is 0 Å². The van der Waals surface area contributed by atoms with E-state index in [1.54, 1.807) is 0 Å². The second kappa shape index (κ2) is 9.11. The number of nitrogens with zero attached hydrogens (tertiary/aromatic N) is 2. The lowest BCUT2D eigenvalue weighted by molar-refractivity contribution is 0.274. The molecule has 0 aliphatic rings. The summed E-state index contributed by atoms with van der Waals surface area (Å²) in [7, 11) is 0. The molecular formula is C11H20N2S. The fourth-order valence-corrected chi connectivity index (χ4v) is 1.43. The van der Waals surface area contributed by atoms with Gasteiger partial charge in [0.25, 0.3) is 0 Å². The zero-order valence-electron chi connectivity index (χ0n) is 9.11. The summed E-state index contributed by atoms with van der Waals surface area (Å²) in [5.74, 6) is 1.44. The Hall–Kier alpha value is -0.460. The summed E-state index contributed by atoms with van der Waals surface area (Å²) in [6, 6.07) is 2.18. The van der Waals surface area contributed by atoms with Crippen molar-refractivity contribution < 1.29 is 0 Å². The van der Waals surface area contributed by atoms with Crippen LogP contribution in [0, 0.1) is 17.2 Å². The third-order valence-electron chi connectivity index (χ3n) is 1.80. The van der Waals surface area contributed by atoms with Crippen LogP contribution in [0.1, 0.15) is 20.3 Å². The highest BCUT2D eigenvalue weighted by Gasteiger charge is 2.04. The SMILES string of the molecule is CC(C)CN(CC=CCS)CCC#N. The predicted molar refractivity (Wildman–Crippen MR) is 64.5 cm³/mol. The van der Waals surface area contributed by atoms with Crippen molar-refractivity contribution in [2.24, 2.45) is 5.92 Å². The average molecular weight is 212 g/mol. The molecule has 0 bridgehead atoms. The zero-order valence-corrected chi connectivity index (χ0v) is 10.0. The highest BCUT2D eigenvalue weighted by Crippen LogP contribution is 2.00. The largest absolute Gasteiger partial charge is 0.298 e. The molecule has 0 atom stereocenters. The third kappa shape index (κ3) is 8.15. The molecule has 0 amide bonds. The molecule has 2 nitrogen and oxygen atoms in total. The molecule has 80 valence electrons. The van der Waals surface area contributed by atoms with Gasteiger partial charge in [0.05, 0.1) is 6.07 Å². The summed E-state index contributed by atoms with van der Waals surface area (Å²) in [5.41, 5.74) is 0. The van der Waals surface area contributed by atoms with E-state index in [0.29, 0.717) is 12.3 Å². The van der Waals surface area contributed by atoms with E-state index in [-0.39, 0.29) is 0 Å². The van der Waals surface area contributed by atoms with Crippen molar-refractivity contribution in [3.05, 3.63) is 12.2 Å². The molecule has 0 heterocycles.